The predicted octanol–water partition coefficient (Wildman–Crippen LogP) is 0.309. The van der Waals surface area contributed by atoms with Gasteiger partial charge in [-0.2, -0.15) is 10.2 Å². The Kier molecular flexibility index (Phi) is 4.86. The molecule has 2 aliphatic carbocycles. The normalized spacial score (nSPS) is 27.8. The number of carbonyl (C=O) groups is 2. The zero-order chi connectivity index (χ0) is 19.9. The van der Waals surface area contributed by atoms with Crippen molar-refractivity contribution in [2.75, 3.05) is 12.4 Å². The number of aryl methyl sites for hydroxylation is 1. The SMILES string of the molecule is Cc1cnncc1C(=O)NC1CC(CS(=O)(=O)NC(=O)C2CC3(CC3)CO2)C1. The Morgan fingerprint density at radius 2 is 1.96 bits per heavy atom. The minimum Gasteiger partial charge on any atom is -0.368 e. The van der Waals surface area contributed by atoms with Gasteiger partial charge < -0.3 is 10.1 Å². The second kappa shape index (κ2) is 7.07. The number of sulfonamides is 1. The minimum absolute atomic E-state index is 0.0798. The van der Waals surface area contributed by atoms with Gasteiger partial charge in [-0.25, -0.2) is 8.42 Å². The third kappa shape index (κ3) is 4.17. The number of rotatable bonds is 6. The summed E-state index contributed by atoms with van der Waals surface area (Å²) in [6.07, 6.45) is 6.09. The lowest BCUT2D eigenvalue weighted by molar-refractivity contribution is -0.128. The third-order valence-electron chi connectivity index (χ3n) is 5.92. The van der Waals surface area contributed by atoms with Gasteiger partial charge >= 0.3 is 0 Å². The van der Waals surface area contributed by atoms with Gasteiger partial charge in [0.2, 0.25) is 10.0 Å². The molecule has 28 heavy (non-hydrogen) atoms. The van der Waals surface area contributed by atoms with Gasteiger partial charge in [-0.1, -0.05) is 0 Å². The molecule has 0 aromatic carbocycles. The van der Waals surface area contributed by atoms with Crippen LogP contribution in [0.2, 0.25) is 0 Å². The van der Waals surface area contributed by atoms with Gasteiger partial charge in [0.15, 0.2) is 0 Å². The maximum absolute atomic E-state index is 12.3. The summed E-state index contributed by atoms with van der Waals surface area (Å²) in [6.45, 7) is 2.32. The van der Waals surface area contributed by atoms with Crippen molar-refractivity contribution in [2.24, 2.45) is 11.3 Å². The lowest BCUT2D eigenvalue weighted by atomic mass is 9.81. The van der Waals surface area contributed by atoms with Crippen LogP contribution in [0.5, 0.6) is 0 Å². The third-order valence-corrected chi connectivity index (χ3v) is 7.34. The first-order valence-corrected chi connectivity index (χ1v) is 11.1. The number of amides is 2. The molecule has 10 heteroatoms. The van der Waals surface area contributed by atoms with Crippen LogP contribution in [0.15, 0.2) is 12.4 Å². The Hall–Kier alpha value is -2.07. The van der Waals surface area contributed by atoms with Gasteiger partial charge in [0, 0.05) is 6.04 Å². The first-order valence-electron chi connectivity index (χ1n) is 9.49. The van der Waals surface area contributed by atoms with Crippen LogP contribution in [0, 0.1) is 18.3 Å². The molecule has 1 atom stereocenters. The molecule has 1 saturated heterocycles. The van der Waals surface area contributed by atoms with Gasteiger partial charge in [-0.3, -0.25) is 14.3 Å². The molecule has 0 radical (unpaired) electrons. The first kappa shape index (κ1) is 19.3. The van der Waals surface area contributed by atoms with Crippen LogP contribution in [0.3, 0.4) is 0 Å². The van der Waals surface area contributed by atoms with Crippen LogP contribution < -0.4 is 10.0 Å². The van der Waals surface area contributed by atoms with Crippen molar-refractivity contribution in [1.82, 2.24) is 20.2 Å². The summed E-state index contributed by atoms with van der Waals surface area (Å²) in [5.74, 6) is -1.02. The molecule has 2 saturated carbocycles. The zero-order valence-electron chi connectivity index (χ0n) is 15.7. The van der Waals surface area contributed by atoms with Crippen LogP contribution in [0.4, 0.5) is 0 Å². The van der Waals surface area contributed by atoms with Crippen LogP contribution >= 0.6 is 0 Å². The van der Waals surface area contributed by atoms with E-state index in [9.17, 15) is 18.0 Å². The molecule has 3 aliphatic rings. The molecule has 0 bridgehead atoms. The minimum atomic E-state index is -3.72. The maximum atomic E-state index is 12.3. The highest BCUT2D eigenvalue weighted by atomic mass is 32.2. The van der Waals surface area contributed by atoms with Gasteiger partial charge in [0.25, 0.3) is 11.8 Å². The molecule has 2 N–H and O–H groups in total. The van der Waals surface area contributed by atoms with E-state index in [-0.39, 0.29) is 29.0 Å². The van der Waals surface area contributed by atoms with E-state index in [4.69, 9.17) is 4.74 Å². The number of nitrogens with one attached hydrogen (secondary N) is 2. The molecule has 1 unspecified atom stereocenters. The van der Waals surface area contributed by atoms with Gasteiger partial charge in [-0.15, -0.1) is 0 Å². The van der Waals surface area contributed by atoms with Crippen LogP contribution in [0.1, 0.15) is 48.0 Å². The maximum Gasteiger partial charge on any atom is 0.262 e. The number of ether oxygens (including phenoxy) is 1. The van der Waals surface area contributed by atoms with E-state index in [0.717, 1.165) is 18.4 Å². The number of hydrogen-bond donors (Lipinski definition) is 2. The molecule has 1 spiro atoms. The fourth-order valence-corrected chi connectivity index (χ4v) is 5.34. The molecule has 1 aromatic rings. The predicted molar refractivity (Wildman–Crippen MR) is 98.7 cm³/mol. The molecule has 152 valence electrons. The second-order valence-electron chi connectivity index (χ2n) is 8.35. The lowest BCUT2D eigenvalue weighted by Crippen LogP contribution is -2.48. The average molecular weight is 408 g/mol. The van der Waals surface area contributed by atoms with E-state index in [1.54, 1.807) is 6.92 Å². The van der Waals surface area contributed by atoms with E-state index >= 15 is 0 Å². The van der Waals surface area contributed by atoms with Crippen molar-refractivity contribution >= 4 is 21.8 Å². The van der Waals surface area contributed by atoms with E-state index < -0.39 is 22.0 Å². The highest BCUT2D eigenvalue weighted by Crippen LogP contribution is 2.53. The molecule has 3 fully saturated rings. The summed E-state index contributed by atoms with van der Waals surface area (Å²) in [4.78, 5) is 24.4. The van der Waals surface area contributed by atoms with E-state index in [2.05, 4.69) is 20.2 Å². The Labute approximate surface area is 163 Å². The summed E-state index contributed by atoms with van der Waals surface area (Å²) >= 11 is 0. The van der Waals surface area contributed by atoms with Gasteiger partial charge in [0.1, 0.15) is 6.10 Å². The summed E-state index contributed by atoms with van der Waals surface area (Å²) < 4.78 is 32.2. The smallest absolute Gasteiger partial charge is 0.262 e. The van der Waals surface area contributed by atoms with Crippen LogP contribution in [-0.4, -0.2) is 54.9 Å². The molecular weight excluding hydrogens is 384 g/mol. The molecular formula is C18H24N4O5S. The average Bonchev–Trinajstić information content (AvgIpc) is 3.21. The van der Waals surface area contributed by atoms with E-state index in [1.165, 1.54) is 12.4 Å². The second-order valence-corrected chi connectivity index (χ2v) is 10.1. The molecule has 1 aromatic heterocycles. The fraction of sp³-hybridized carbons (Fsp3) is 0.667. The summed E-state index contributed by atoms with van der Waals surface area (Å²) in [7, 11) is -3.72. The summed E-state index contributed by atoms with van der Waals surface area (Å²) in [6, 6.07) is -0.0798. The standard InChI is InChI=1S/C18H24N4O5S/c1-11-7-19-20-8-14(11)16(23)21-13-4-12(5-13)9-28(25,26)22-17(24)15-6-18(2-3-18)10-27-15/h7-8,12-13,15H,2-6,9-10H2,1H3,(H,21,23)(H,22,24). The lowest BCUT2D eigenvalue weighted by Gasteiger charge is -2.35. The van der Waals surface area contributed by atoms with Crippen LogP contribution in [0.25, 0.3) is 0 Å². The molecule has 2 amide bonds. The fourth-order valence-electron chi connectivity index (χ4n) is 3.93. The Morgan fingerprint density at radius 3 is 2.61 bits per heavy atom. The summed E-state index contributed by atoms with van der Waals surface area (Å²) in [5, 5.41) is 10.3. The van der Waals surface area contributed by atoms with Crippen molar-refractivity contribution in [2.45, 2.75) is 51.2 Å². The number of carbonyl (C=O) groups excluding carboxylic acids is 2. The summed E-state index contributed by atoms with van der Waals surface area (Å²) in [5.41, 5.74) is 1.31. The highest BCUT2D eigenvalue weighted by molar-refractivity contribution is 7.90. The van der Waals surface area contributed by atoms with Crippen molar-refractivity contribution in [3.63, 3.8) is 0 Å². The Bertz CT molecular complexity index is 893. The van der Waals surface area contributed by atoms with E-state index in [1.807, 2.05) is 0 Å². The van der Waals surface area contributed by atoms with Gasteiger partial charge in [-0.05, 0) is 55.9 Å². The number of hydrogen-bond acceptors (Lipinski definition) is 7. The first-order chi connectivity index (χ1) is 13.3. The quantitative estimate of drug-likeness (QED) is 0.693. The zero-order valence-corrected chi connectivity index (χ0v) is 16.5. The number of aromatic nitrogens is 2. The van der Waals surface area contributed by atoms with E-state index in [0.29, 0.717) is 31.4 Å². The largest absolute Gasteiger partial charge is 0.368 e. The number of nitrogens with zero attached hydrogens (tertiary/aromatic N) is 2. The van der Waals surface area contributed by atoms with Crippen molar-refractivity contribution in [3.8, 4) is 0 Å². The molecule has 1 aliphatic heterocycles. The van der Waals surface area contributed by atoms with Gasteiger partial charge in [0.05, 0.1) is 30.3 Å². The highest BCUT2D eigenvalue weighted by Gasteiger charge is 2.51. The van der Waals surface area contributed by atoms with Crippen molar-refractivity contribution < 1.29 is 22.7 Å². The molecule has 2 heterocycles. The molecule has 9 nitrogen and oxygen atoms in total. The molecule has 4 rings (SSSR count). The Balaban J connectivity index is 1.22. The monoisotopic (exact) mass is 408 g/mol. The van der Waals surface area contributed by atoms with Crippen molar-refractivity contribution in [3.05, 3.63) is 23.5 Å². The van der Waals surface area contributed by atoms with Crippen LogP contribution in [-0.2, 0) is 19.6 Å². The topological polar surface area (TPSA) is 127 Å². The van der Waals surface area contributed by atoms with Crippen molar-refractivity contribution in [1.29, 1.82) is 0 Å². The Morgan fingerprint density at radius 1 is 1.25 bits per heavy atom.